The lowest BCUT2D eigenvalue weighted by atomic mass is 10.2. The number of hydrogen-bond acceptors (Lipinski definition) is 3. The maximum atomic E-state index is 5.23. The van der Waals surface area contributed by atoms with E-state index in [9.17, 15) is 0 Å². The van der Waals surface area contributed by atoms with Crippen LogP contribution in [0.5, 0.6) is 0 Å². The molecule has 0 radical (unpaired) electrons. The molecule has 0 amide bonds. The van der Waals surface area contributed by atoms with Crippen LogP contribution in [0.4, 0.5) is 0 Å². The molecule has 0 bridgehead atoms. The molecule has 2 atom stereocenters. The van der Waals surface area contributed by atoms with E-state index >= 15 is 0 Å². The van der Waals surface area contributed by atoms with Crippen molar-refractivity contribution in [1.29, 1.82) is 0 Å². The van der Waals surface area contributed by atoms with E-state index in [2.05, 4.69) is 11.8 Å². The van der Waals surface area contributed by atoms with Crippen LogP contribution in [-0.4, -0.2) is 18.9 Å². The number of rotatable bonds is 0. The predicted molar refractivity (Wildman–Crippen MR) is 47.6 cm³/mol. The minimum Gasteiger partial charge on any atom is -0.309 e. The van der Waals surface area contributed by atoms with Gasteiger partial charge in [0, 0.05) is 6.66 Å². The van der Waals surface area contributed by atoms with Gasteiger partial charge in [-0.25, -0.2) is 0 Å². The molecule has 11 heavy (non-hydrogen) atoms. The molecule has 2 nitrogen and oxygen atoms in total. The van der Waals surface area contributed by atoms with E-state index < -0.39 is 18.7 Å². The van der Waals surface area contributed by atoms with Crippen molar-refractivity contribution in [3.8, 4) is 24.7 Å². The summed E-state index contributed by atoms with van der Waals surface area (Å²) < 4.78 is 10.5. The smallest absolute Gasteiger partial charge is 0.188 e. The van der Waals surface area contributed by atoms with Crippen LogP contribution in [0.25, 0.3) is 0 Å². The SMILES string of the molecule is C#CC1OP(C)(=S)OC1C#C. The van der Waals surface area contributed by atoms with Gasteiger partial charge < -0.3 is 9.05 Å². The minimum absolute atomic E-state index is 0.462. The summed E-state index contributed by atoms with van der Waals surface area (Å²) >= 11 is 4.97. The fourth-order valence-electron chi connectivity index (χ4n) is 0.784. The van der Waals surface area contributed by atoms with E-state index in [1.54, 1.807) is 6.66 Å². The first kappa shape index (κ1) is 8.78. The van der Waals surface area contributed by atoms with E-state index in [0.29, 0.717) is 0 Å². The lowest BCUT2D eigenvalue weighted by Gasteiger charge is -2.03. The second-order valence-corrected chi connectivity index (χ2v) is 6.11. The lowest BCUT2D eigenvalue weighted by molar-refractivity contribution is 0.251. The van der Waals surface area contributed by atoms with Gasteiger partial charge in [0.05, 0.1) is 0 Å². The molecule has 1 aliphatic heterocycles. The Hall–Kier alpha value is -0.310. The van der Waals surface area contributed by atoms with Gasteiger partial charge in [-0.3, -0.25) is 0 Å². The Morgan fingerprint density at radius 3 is 1.91 bits per heavy atom. The summed E-state index contributed by atoms with van der Waals surface area (Å²) in [5, 5.41) is 0. The van der Waals surface area contributed by atoms with Crippen molar-refractivity contribution in [3.63, 3.8) is 0 Å². The second kappa shape index (κ2) is 2.97. The molecule has 2 unspecified atom stereocenters. The van der Waals surface area contributed by atoms with E-state index in [1.165, 1.54) is 0 Å². The minimum atomic E-state index is -2.14. The number of hydrogen-bond donors (Lipinski definition) is 0. The Kier molecular flexibility index (Phi) is 2.37. The highest BCUT2D eigenvalue weighted by Crippen LogP contribution is 2.53. The van der Waals surface area contributed by atoms with Gasteiger partial charge in [0.25, 0.3) is 0 Å². The molecule has 0 aliphatic carbocycles. The van der Waals surface area contributed by atoms with Crippen molar-refractivity contribution in [3.05, 3.63) is 0 Å². The summed E-state index contributed by atoms with van der Waals surface area (Å²) in [6.45, 7) is -0.428. The molecule has 0 aromatic heterocycles. The molecule has 0 aromatic carbocycles. The summed E-state index contributed by atoms with van der Waals surface area (Å²) in [5.74, 6) is 4.78. The molecule has 58 valence electrons. The van der Waals surface area contributed by atoms with E-state index in [4.69, 9.17) is 33.7 Å². The Morgan fingerprint density at radius 2 is 1.64 bits per heavy atom. The Morgan fingerprint density at radius 1 is 1.27 bits per heavy atom. The Labute approximate surface area is 71.4 Å². The highest BCUT2D eigenvalue weighted by molar-refractivity contribution is 8.09. The van der Waals surface area contributed by atoms with Gasteiger partial charge >= 0.3 is 0 Å². The van der Waals surface area contributed by atoms with Gasteiger partial charge in [0.2, 0.25) is 0 Å². The molecular weight excluding hydrogens is 179 g/mol. The van der Waals surface area contributed by atoms with Crippen LogP contribution in [-0.2, 0) is 20.9 Å². The van der Waals surface area contributed by atoms with Crippen molar-refractivity contribution < 1.29 is 9.05 Å². The van der Waals surface area contributed by atoms with Crippen LogP contribution in [0, 0.1) is 24.7 Å². The molecule has 0 spiro atoms. The Bertz CT molecular complexity index is 260. The largest absolute Gasteiger partial charge is 0.309 e. The zero-order chi connectivity index (χ0) is 8.48. The standard InChI is InChI=1S/C7H7O2PS/c1-4-6-7(5-2)9-10(3,11)8-6/h1-2,6-7H,3H3. The van der Waals surface area contributed by atoms with Gasteiger partial charge in [-0.2, -0.15) is 0 Å². The van der Waals surface area contributed by atoms with Gasteiger partial charge in [-0.15, -0.1) is 12.8 Å². The zero-order valence-corrected chi connectivity index (χ0v) is 7.69. The first-order chi connectivity index (χ1) is 5.09. The van der Waals surface area contributed by atoms with E-state index in [1.807, 2.05) is 0 Å². The monoisotopic (exact) mass is 186 g/mol. The maximum absolute atomic E-state index is 5.23. The van der Waals surface area contributed by atoms with Crippen molar-refractivity contribution in [2.75, 3.05) is 6.66 Å². The molecule has 0 aromatic rings. The maximum Gasteiger partial charge on any atom is 0.188 e. The first-order valence-corrected chi connectivity index (χ1v) is 6.04. The average molecular weight is 186 g/mol. The quantitative estimate of drug-likeness (QED) is 0.415. The molecule has 0 saturated carbocycles. The van der Waals surface area contributed by atoms with Crippen LogP contribution in [0.3, 0.4) is 0 Å². The molecule has 1 saturated heterocycles. The van der Waals surface area contributed by atoms with Crippen LogP contribution in [0.1, 0.15) is 0 Å². The van der Waals surface area contributed by atoms with Crippen LogP contribution >= 0.6 is 6.49 Å². The third-order valence-electron chi connectivity index (χ3n) is 1.21. The summed E-state index contributed by atoms with van der Waals surface area (Å²) in [6, 6.07) is 0. The van der Waals surface area contributed by atoms with Crippen molar-refractivity contribution in [2.45, 2.75) is 12.2 Å². The molecule has 1 fully saturated rings. The highest BCUT2D eigenvalue weighted by atomic mass is 32.5. The topological polar surface area (TPSA) is 18.5 Å². The average Bonchev–Trinajstić information content (AvgIpc) is 2.25. The van der Waals surface area contributed by atoms with Gasteiger partial charge in [0.1, 0.15) is 0 Å². The summed E-state index contributed by atoms with van der Waals surface area (Å²) in [7, 11) is 0. The molecule has 1 heterocycles. The predicted octanol–water partition coefficient (Wildman–Crippen LogP) is 0.976. The van der Waals surface area contributed by atoms with E-state index in [0.717, 1.165) is 0 Å². The molecular formula is C7H7O2PS. The van der Waals surface area contributed by atoms with Crippen molar-refractivity contribution in [1.82, 2.24) is 0 Å². The van der Waals surface area contributed by atoms with Crippen LogP contribution < -0.4 is 0 Å². The molecule has 1 rings (SSSR count). The molecule has 0 N–H and O–H groups in total. The zero-order valence-electron chi connectivity index (χ0n) is 5.98. The number of terminal acetylenes is 2. The van der Waals surface area contributed by atoms with Crippen LogP contribution in [0.15, 0.2) is 0 Å². The summed E-state index contributed by atoms with van der Waals surface area (Å²) in [4.78, 5) is 0. The van der Waals surface area contributed by atoms with Gasteiger partial charge in [-0.05, 0) is 11.8 Å². The fourth-order valence-corrected chi connectivity index (χ4v) is 2.56. The first-order valence-electron chi connectivity index (χ1n) is 2.95. The molecule has 1 aliphatic rings. The van der Waals surface area contributed by atoms with Crippen molar-refractivity contribution >= 4 is 18.3 Å². The summed E-state index contributed by atoms with van der Waals surface area (Å²) in [5.41, 5.74) is 0. The molecule has 4 heteroatoms. The Balaban J connectivity index is 2.82. The van der Waals surface area contributed by atoms with Crippen LogP contribution in [0.2, 0.25) is 0 Å². The normalized spacial score (nSPS) is 42.8. The third-order valence-corrected chi connectivity index (χ3v) is 2.95. The third kappa shape index (κ3) is 1.83. The summed E-state index contributed by atoms with van der Waals surface area (Å²) in [6.07, 6.45) is 9.36. The van der Waals surface area contributed by atoms with E-state index in [-0.39, 0.29) is 0 Å². The van der Waals surface area contributed by atoms with Crippen molar-refractivity contribution in [2.24, 2.45) is 0 Å². The lowest BCUT2D eigenvalue weighted by Crippen LogP contribution is -2.17. The highest BCUT2D eigenvalue weighted by Gasteiger charge is 2.35. The fraction of sp³-hybridized carbons (Fsp3) is 0.429. The van der Waals surface area contributed by atoms with Gasteiger partial charge in [0.15, 0.2) is 18.7 Å². The second-order valence-electron chi connectivity index (χ2n) is 2.16. The van der Waals surface area contributed by atoms with Gasteiger partial charge in [-0.1, -0.05) is 11.8 Å².